The molecule has 2 aromatic rings. The number of rotatable bonds is 10. The van der Waals surface area contributed by atoms with Gasteiger partial charge in [0.15, 0.2) is 0 Å². The Bertz CT molecular complexity index is 887. The number of unbranched alkanes of at least 4 members (excludes halogenated alkanes) is 1. The Morgan fingerprint density at radius 1 is 1.06 bits per heavy atom. The summed E-state index contributed by atoms with van der Waals surface area (Å²) in [5.41, 5.74) is 3.51. The minimum absolute atomic E-state index is 0.0111. The molecule has 0 aliphatic heterocycles. The molecule has 0 aliphatic rings. The number of amides is 2. The van der Waals surface area contributed by atoms with Crippen LogP contribution < -0.4 is 5.32 Å². The molecule has 2 rings (SSSR count). The first kappa shape index (κ1) is 26.1. The van der Waals surface area contributed by atoms with Crippen LogP contribution in [0.1, 0.15) is 70.6 Å². The van der Waals surface area contributed by atoms with E-state index >= 15 is 0 Å². The van der Waals surface area contributed by atoms with E-state index in [2.05, 4.69) is 73.2 Å². The number of carbonyl (C=O) groups is 2. The molecular weight excluding hydrogens is 464 g/mol. The van der Waals surface area contributed by atoms with Crippen LogP contribution in [-0.2, 0) is 28.0 Å². The largest absolute Gasteiger partial charge is 0.354 e. The average Bonchev–Trinajstić information content (AvgIpc) is 2.75. The van der Waals surface area contributed by atoms with E-state index in [9.17, 15) is 9.59 Å². The molecule has 2 aromatic carbocycles. The summed E-state index contributed by atoms with van der Waals surface area (Å²) in [7, 11) is 0. The first-order chi connectivity index (χ1) is 15.1. The Labute approximate surface area is 201 Å². The highest BCUT2D eigenvalue weighted by Crippen LogP contribution is 2.23. The zero-order valence-electron chi connectivity index (χ0n) is 20.1. The Kier molecular flexibility index (Phi) is 9.95. The minimum atomic E-state index is -0.526. The average molecular weight is 502 g/mol. The Balaban J connectivity index is 2.11. The normalized spacial score (nSPS) is 12.3. The van der Waals surface area contributed by atoms with Crippen molar-refractivity contribution in [3.8, 4) is 0 Å². The summed E-state index contributed by atoms with van der Waals surface area (Å²) in [6, 6.07) is 15.8. The molecule has 2 amide bonds. The molecule has 0 aliphatic carbocycles. The molecule has 1 atom stereocenters. The zero-order chi connectivity index (χ0) is 23.7. The lowest BCUT2D eigenvalue weighted by Gasteiger charge is -2.29. The van der Waals surface area contributed by atoms with Crippen LogP contribution in [0.4, 0.5) is 0 Å². The maximum Gasteiger partial charge on any atom is 0.242 e. The standard InChI is InChI=1S/C27H37BrN2O2/c1-6-7-17-29-26(32)20(2)30(19-22-9-8-10-24(28)18-22)25(31)16-13-21-11-14-23(15-12-21)27(3,4)5/h8-12,14-15,18,20H,6-7,13,16-17,19H2,1-5H3,(H,29,32). The molecule has 0 fully saturated rings. The first-order valence-corrected chi connectivity index (χ1v) is 12.3. The zero-order valence-corrected chi connectivity index (χ0v) is 21.7. The number of nitrogens with zero attached hydrogens (tertiary/aromatic N) is 1. The summed E-state index contributed by atoms with van der Waals surface area (Å²) in [4.78, 5) is 27.7. The number of halogens is 1. The first-order valence-electron chi connectivity index (χ1n) is 11.5. The molecule has 32 heavy (non-hydrogen) atoms. The van der Waals surface area contributed by atoms with E-state index in [1.165, 1.54) is 5.56 Å². The van der Waals surface area contributed by atoms with Gasteiger partial charge in [-0.3, -0.25) is 9.59 Å². The second kappa shape index (κ2) is 12.2. The predicted octanol–water partition coefficient (Wildman–Crippen LogP) is 6.01. The molecule has 0 heterocycles. The van der Waals surface area contributed by atoms with E-state index < -0.39 is 6.04 Å². The minimum Gasteiger partial charge on any atom is -0.354 e. The topological polar surface area (TPSA) is 49.4 Å². The monoisotopic (exact) mass is 500 g/mol. The molecule has 0 bridgehead atoms. The quantitative estimate of drug-likeness (QED) is 0.405. The molecule has 0 spiro atoms. The molecule has 0 aromatic heterocycles. The van der Waals surface area contributed by atoms with Gasteiger partial charge in [-0.05, 0) is 54.0 Å². The van der Waals surface area contributed by atoms with Crippen molar-refractivity contribution >= 4 is 27.7 Å². The van der Waals surface area contributed by atoms with Crippen molar-refractivity contribution in [3.63, 3.8) is 0 Å². The van der Waals surface area contributed by atoms with Gasteiger partial charge in [0.2, 0.25) is 11.8 Å². The third-order valence-electron chi connectivity index (χ3n) is 5.69. The van der Waals surface area contributed by atoms with Crippen molar-refractivity contribution in [2.24, 2.45) is 0 Å². The molecule has 5 heteroatoms. The summed E-state index contributed by atoms with van der Waals surface area (Å²) in [5, 5.41) is 2.97. The lowest BCUT2D eigenvalue weighted by atomic mass is 9.86. The van der Waals surface area contributed by atoms with E-state index in [0.717, 1.165) is 28.4 Å². The summed E-state index contributed by atoms with van der Waals surface area (Å²) in [5.74, 6) is -0.112. The Hall–Kier alpha value is -2.14. The number of nitrogens with one attached hydrogen (secondary N) is 1. The van der Waals surface area contributed by atoms with Crippen molar-refractivity contribution in [2.75, 3.05) is 6.54 Å². The number of carbonyl (C=O) groups excluding carboxylic acids is 2. The van der Waals surface area contributed by atoms with Gasteiger partial charge >= 0.3 is 0 Å². The lowest BCUT2D eigenvalue weighted by Crippen LogP contribution is -2.47. The highest BCUT2D eigenvalue weighted by atomic mass is 79.9. The SMILES string of the molecule is CCCCNC(=O)C(C)N(Cc1cccc(Br)c1)C(=O)CCc1ccc(C(C)(C)C)cc1. The van der Waals surface area contributed by atoms with Crippen molar-refractivity contribution in [1.82, 2.24) is 10.2 Å². The number of hydrogen-bond donors (Lipinski definition) is 1. The van der Waals surface area contributed by atoms with Crippen LogP contribution in [0.5, 0.6) is 0 Å². The van der Waals surface area contributed by atoms with Crippen LogP contribution in [0.2, 0.25) is 0 Å². The van der Waals surface area contributed by atoms with Crippen LogP contribution >= 0.6 is 15.9 Å². The van der Waals surface area contributed by atoms with Crippen molar-refractivity contribution < 1.29 is 9.59 Å². The van der Waals surface area contributed by atoms with E-state index in [1.54, 1.807) is 4.90 Å². The van der Waals surface area contributed by atoms with E-state index in [1.807, 2.05) is 31.2 Å². The third kappa shape index (κ3) is 8.09. The number of aryl methyl sites for hydroxylation is 1. The second-order valence-corrected chi connectivity index (χ2v) is 10.3. The van der Waals surface area contributed by atoms with Crippen LogP contribution in [0.15, 0.2) is 53.0 Å². The number of hydrogen-bond acceptors (Lipinski definition) is 2. The molecule has 4 nitrogen and oxygen atoms in total. The van der Waals surface area contributed by atoms with E-state index in [0.29, 0.717) is 25.9 Å². The Morgan fingerprint density at radius 2 is 1.75 bits per heavy atom. The van der Waals surface area contributed by atoms with Gasteiger partial charge in [-0.2, -0.15) is 0 Å². The van der Waals surface area contributed by atoms with Gasteiger partial charge < -0.3 is 10.2 Å². The predicted molar refractivity (Wildman–Crippen MR) is 136 cm³/mol. The van der Waals surface area contributed by atoms with Crippen molar-refractivity contribution in [2.45, 2.75) is 78.3 Å². The maximum absolute atomic E-state index is 13.2. The van der Waals surface area contributed by atoms with Crippen LogP contribution in [-0.4, -0.2) is 29.3 Å². The highest BCUT2D eigenvalue weighted by Gasteiger charge is 2.26. The van der Waals surface area contributed by atoms with Crippen molar-refractivity contribution in [3.05, 3.63) is 69.7 Å². The Morgan fingerprint density at radius 3 is 2.34 bits per heavy atom. The maximum atomic E-state index is 13.2. The second-order valence-electron chi connectivity index (χ2n) is 9.42. The molecule has 0 saturated carbocycles. The summed E-state index contributed by atoms with van der Waals surface area (Å²) >= 11 is 3.50. The highest BCUT2D eigenvalue weighted by molar-refractivity contribution is 9.10. The van der Waals surface area contributed by atoms with E-state index in [4.69, 9.17) is 0 Å². The van der Waals surface area contributed by atoms with Crippen LogP contribution in [0.3, 0.4) is 0 Å². The number of benzene rings is 2. The molecule has 1 unspecified atom stereocenters. The third-order valence-corrected chi connectivity index (χ3v) is 6.18. The van der Waals surface area contributed by atoms with Crippen LogP contribution in [0, 0.1) is 0 Å². The van der Waals surface area contributed by atoms with Crippen molar-refractivity contribution in [1.29, 1.82) is 0 Å². The summed E-state index contributed by atoms with van der Waals surface area (Å²) < 4.78 is 0.960. The van der Waals surface area contributed by atoms with Crippen LogP contribution in [0.25, 0.3) is 0 Å². The molecule has 0 radical (unpaired) electrons. The smallest absolute Gasteiger partial charge is 0.242 e. The van der Waals surface area contributed by atoms with Gasteiger partial charge in [0, 0.05) is 24.0 Å². The summed E-state index contributed by atoms with van der Waals surface area (Å²) in [6.45, 7) is 11.5. The fraction of sp³-hybridized carbons (Fsp3) is 0.481. The van der Waals surface area contributed by atoms with Gasteiger partial charge in [0.1, 0.15) is 6.04 Å². The molecule has 0 saturated heterocycles. The molecule has 174 valence electrons. The lowest BCUT2D eigenvalue weighted by molar-refractivity contribution is -0.140. The van der Waals surface area contributed by atoms with Gasteiger partial charge in [0.05, 0.1) is 0 Å². The summed E-state index contributed by atoms with van der Waals surface area (Å²) in [6.07, 6.45) is 2.98. The van der Waals surface area contributed by atoms with Gasteiger partial charge in [-0.25, -0.2) is 0 Å². The fourth-order valence-electron chi connectivity index (χ4n) is 3.52. The van der Waals surface area contributed by atoms with Gasteiger partial charge in [0.25, 0.3) is 0 Å². The van der Waals surface area contributed by atoms with Gasteiger partial charge in [-0.15, -0.1) is 0 Å². The molecule has 1 N–H and O–H groups in total. The van der Waals surface area contributed by atoms with E-state index in [-0.39, 0.29) is 17.2 Å². The van der Waals surface area contributed by atoms with Gasteiger partial charge in [-0.1, -0.05) is 86.4 Å². The molecular formula is C27H37BrN2O2. The fourth-order valence-corrected chi connectivity index (χ4v) is 3.96.